The molecule has 6 N–H and O–H groups in total. The average molecular weight is 511 g/mol. The van der Waals surface area contributed by atoms with Crippen LogP contribution in [0, 0.1) is 0 Å². The zero-order valence-corrected chi connectivity index (χ0v) is 20.1. The van der Waals surface area contributed by atoms with Gasteiger partial charge in [-0.15, -0.1) is 0 Å². The molecule has 38 heavy (non-hydrogen) atoms. The highest BCUT2D eigenvalue weighted by atomic mass is 16.5. The predicted octanol–water partition coefficient (Wildman–Crippen LogP) is 2.73. The van der Waals surface area contributed by atoms with Crippen LogP contribution in [0.2, 0.25) is 0 Å². The summed E-state index contributed by atoms with van der Waals surface area (Å²) in [5.74, 6) is -0.634. The summed E-state index contributed by atoms with van der Waals surface area (Å²) in [6, 6.07) is 17.3. The standard InChI is InChI=1S/C27H22N6O5/c1-38-18-8-4-16-12-33(24(35)19(16)11-18)13-27(25(36)29-26(37)30-27)17-6-2-14(3-7-17)15-5-9-21-20(10-15)22(23(28)34)32-31-21/h2-12,35H,13H2,1H3,(H2,28,34)(H,31,32)(H2,29,30,36,37)/t27-/m0/s1. The Kier molecular flexibility index (Phi) is 5.09. The third kappa shape index (κ3) is 3.52. The molecule has 2 aromatic heterocycles. The molecule has 5 aromatic rings. The molecule has 4 amide bonds. The molecule has 0 radical (unpaired) electrons. The number of carbonyl (C=O) groups excluding carboxylic acids is 3. The van der Waals surface area contributed by atoms with E-state index in [1.807, 2.05) is 24.3 Å². The zero-order chi connectivity index (χ0) is 26.6. The van der Waals surface area contributed by atoms with Crippen molar-refractivity contribution in [3.05, 3.63) is 78.1 Å². The SMILES string of the molecule is COc1ccc2cn(C[C@@]3(c4ccc(-c5ccc6[nH]nc(C(N)=O)c6c5)cc4)NC(=O)NC3=O)c(O)c2c1. The quantitative estimate of drug-likeness (QED) is 0.220. The number of amides is 4. The van der Waals surface area contributed by atoms with E-state index in [0.717, 1.165) is 16.5 Å². The Balaban J connectivity index is 1.39. The Morgan fingerprint density at radius 2 is 1.82 bits per heavy atom. The van der Waals surface area contributed by atoms with E-state index in [1.54, 1.807) is 42.6 Å². The van der Waals surface area contributed by atoms with E-state index in [4.69, 9.17) is 10.5 Å². The van der Waals surface area contributed by atoms with Crippen LogP contribution in [0.5, 0.6) is 11.6 Å². The van der Waals surface area contributed by atoms with Crippen LogP contribution < -0.4 is 21.1 Å². The molecule has 3 heterocycles. The van der Waals surface area contributed by atoms with Crippen molar-refractivity contribution in [2.45, 2.75) is 12.1 Å². The van der Waals surface area contributed by atoms with E-state index >= 15 is 0 Å². The molecule has 0 spiro atoms. The van der Waals surface area contributed by atoms with Crippen LogP contribution in [0.1, 0.15) is 16.1 Å². The molecular formula is C27H22N6O5. The first-order valence-corrected chi connectivity index (χ1v) is 11.7. The van der Waals surface area contributed by atoms with Crippen molar-refractivity contribution in [3.8, 4) is 22.8 Å². The van der Waals surface area contributed by atoms with Gasteiger partial charge < -0.3 is 25.5 Å². The molecule has 0 saturated carbocycles. The number of aromatic amines is 1. The van der Waals surface area contributed by atoms with Gasteiger partial charge in [0.05, 0.1) is 19.2 Å². The second kappa shape index (κ2) is 8.37. The second-order valence-electron chi connectivity index (χ2n) is 9.12. The summed E-state index contributed by atoms with van der Waals surface area (Å²) < 4.78 is 6.78. The summed E-state index contributed by atoms with van der Waals surface area (Å²) in [4.78, 5) is 37.1. The summed E-state index contributed by atoms with van der Waals surface area (Å²) in [6.45, 7) is -0.0459. The maximum absolute atomic E-state index is 13.1. The van der Waals surface area contributed by atoms with Crippen LogP contribution in [-0.2, 0) is 16.9 Å². The minimum absolute atomic E-state index is 0.0459. The van der Waals surface area contributed by atoms with Crippen LogP contribution in [-0.4, -0.2) is 44.8 Å². The lowest BCUT2D eigenvalue weighted by Crippen LogP contribution is -2.47. The number of nitrogens with zero attached hydrogens (tertiary/aromatic N) is 2. The second-order valence-corrected chi connectivity index (χ2v) is 9.12. The highest BCUT2D eigenvalue weighted by molar-refractivity contribution is 6.08. The molecule has 1 saturated heterocycles. The smallest absolute Gasteiger partial charge is 0.322 e. The lowest BCUT2D eigenvalue weighted by Gasteiger charge is -2.27. The average Bonchev–Trinajstić information content (AvgIpc) is 3.57. The normalized spacial score (nSPS) is 17.1. The predicted molar refractivity (Wildman–Crippen MR) is 139 cm³/mol. The Morgan fingerprint density at radius 1 is 1.05 bits per heavy atom. The first-order chi connectivity index (χ1) is 18.3. The van der Waals surface area contributed by atoms with Gasteiger partial charge in [0.15, 0.2) is 17.1 Å². The summed E-state index contributed by atoms with van der Waals surface area (Å²) in [5, 5.41) is 24.7. The van der Waals surface area contributed by atoms with Crippen molar-refractivity contribution < 1.29 is 24.2 Å². The minimum atomic E-state index is -1.46. The molecular weight excluding hydrogens is 488 g/mol. The number of fused-ring (bicyclic) bond motifs is 2. The number of ether oxygens (including phenoxy) is 1. The fourth-order valence-corrected chi connectivity index (χ4v) is 4.95. The van der Waals surface area contributed by atoms with E-state index in [1.165, 1.54) is 11.7 Å². The minimum Gasteiger partial charge on any atom is -0.497 e. The summed E-state index contributed by atoms with van der Waals surface area (Å²) in [5.41, 5.74) is 6.96. The number of aromatic hydroxyl groups is 1. The molecule has 6 rings (SSSR count). The number of H-pyrrole nitrogens is 1. The fraction of sp³-hybridized carbons (Fsp3) is 0.111. The van der Waals surface area contributed by atoms with Crippen LogP contribution >= 0.6 is 0 Å². The Bertz CT molecular complexity index is 1770. The van der Waals surface area contributed by atoms with Crippen LogP contribution in [0.3, 0.4) is 0 Å². The maximum atomic E-state index is 13.1. The van der Waals surface area contributed by atoms with E-state index in [0.29, 0.717) is 27.6 Å². The van der Waals surface area contributed by atoms with Gasteiger partial charge in [-0.05, 0) is 47.0 Å². The number of nitrogens with two attached hydrogens (primary N) is 1. The third-order valence-corrected chi connectivity index (χ3v) is 6.92. The van der Waals surface area contributed by atoms with Crippen molar-refractivity contribution in [2.24, 2.45) is 5.73 Å². The van der Waals surface area contributed by atoms with Crippen LogP contribution in [0.25, 0.3) is 32.8 Å². The highest BCUT2D eigenvalue weighted by Gasteiger charge is 2.48. The van der Waals surface area contributed by atoms with Gasteiger partial charge in [-0.1, -0.05) is 30.3 Å². The molecule has 1 aliphatic rings. The summed E-state index contributed by atoms with van der Waals surface area (Å²) in [6.07, 6.45) is 1.72. The molecule has 11 nitrogen and oxygen atoms in total. The van der Waals surface area contributed by atoms with E-state index in [-0.39, 0.29) is 18.1 Å². The number of hydrogen-bond acceptors (Lipinski definition) is 6. The number of nitrogens with one attached hydrogen (secondary N) is 3. The van der Waals surface area contributed by atoms with Crippen molar-refractivity contribution in [1.29, 1.82) is 0 Å². The van der Waals surface area contributed by atoms with Gasteiger partial charge in [0.25, 0.3) is 11.8 Å². The largest absolute Gasteiger partial charge is 0.497 e. The molecule has 1 atom stereocenters. The van der Waals surface area contributed by atoms with Gasteiger partial charge in [-0.3, -0.25) is 20.0 Å². The molecule has 0 unspecified atom stereocenters. The van der Waals surface area contributed by atoms with Crippen molar-refractivity contribution in [1.82, 2.24) is 25.4 Å². The van der Waals surface area contributed by atoms with Crippen molar-refractivity contribution in [3.63, 3.8) is 0 Å². The summed E-state index contributed by atoms with van der Waals surface area (Å²) >= 11 is 0. The number of hydrogen-bond donors (Lipinski definition) is 5. The van der Waals surface area contributed by atoms with Crippen LogP contribution in [0.15, 0.2) is 66.9 Å². The highest BCUT2D eigenvalue weighted by Crippen LogP contribution is 2.35. The third-order valence-electron chi connectivity index (χ3n) is 6.92. The number of aromatic nitrogens is 3. The number of imide groups is 1. The van der Waals surface area contributed by atoms with Gasteiger partial charge in [0.1, 0.15) is 5.75 Å². The molecule has 1 aliphatic heterocycles. The fourth-order valence-electron chi connectivity index (χ4n) is 4.95. The lowest BCUT2D eigenvalue weighted by atomic mass is 9.88. The van der Waals surface area contributed by atoms with Gasteiger partial charge >= 0.3 is 6.03 Å². The number of methoxy groups -OCH3 is 1. The Labute approximate surface area is 215 Å². The molecule has 3 aromatic carbocycles. The maximum Gasteiger partial charge on any atom is 0.322 e. The van der Waals surface area contributed by atoms with Gasteiger partial charge in [0.2, 0.25) is 0 Å². The number of primary amides is 1. The van der Waals surface area contributed by atoms with E-state index in [2.05, 4.69) is 20.8 Å². The zero-order valence-electron chi connectivity index (χ0n) is 20.1. The molecule has 0 bridgehead atoms. The number of urea groups is 1. The van der Waals surface area contributed by atoms with Gasteiger partial charge in [0, 0.05) is 22.4 Å². The van der Waals surface area contributed by atoms with E-state index < -0.39 is 23.4 Å². The number of rotatable bonds is 6. The first kappa shape index (κ1) is 23.1. The van der Waals surface area contributed by atoms with Crippen molar-refractivity contribution >= 4 is 39.5 Å². The van der Waals surface area contributed by atoms with Crippen molar-refractivity contribution in [2.75, 3.05) is 7.11 Å². The van der Waals surface area contributed by atoms with Gasteiger partial charge in [-0.2, -0.15) is 5.10 Å². The molecule has 11 heteroatoms. The molecule has 0 aliphatic carbocycles. The Hall–Kier alpha value is -5.32. The monoisotopic (exact) mass is 510 g/mol. The lowest BCUT2D eigenvalue weighted by molar-refractivity contribution is -0.124. The van der Waals surface area contributed by atoms with E-state index in [9.17, 15) is 19.5 Å². The molecule has 1 fully saturated rings. The molecule has 190 valence electrons. The number of carbonyl (C=O) groups is 3. The first-order valence-electron chi connectivity index (χ1n) is 11.7. The Morgan fingerprint density at radius 3 is 2.50 bits per heavy atom. The van der Waals surface area contributed by atoms with Gasteiger partial charge in [-0.25, -0.2) is 4.79 Å². The topological polar surface area (TPSA) is 164 Å². The number of benzene rings is 3. The summed E-state index contributed by atoms with van der Waals surface area (Å²) in [7, 11) is 1.54. The van der Waals surface area contributed by atoms with Crippen LogP contribution in [0.4, 0.5) is 4.79 Å².